The first kappa shape index (κ1) is 12.3. The van der Waals surface area contributed by atoms with Crippen molar-refractivity contribution in [1.82, 2.24) is 20.0 Å². The molecule has 0 aliphatic heterocycles. The van der Waals surface area contributed by atoms with Gasteiger partial charge in [0.25, 0.3) is 5.91 Å². The number of carbonyl (C=O) groups excluding carboxylic acids is 1. The van der Waals surface area contributed by atoms with Gasteiger partial charge in [-0.3, -0.25) is 4.79 Å². The fraction of sp³-hybridized carbons (Fsp3) is 0.417. The molecule has 0 spiro atoms. The number of imidazole rings is 1. The van der Waals surface area contributed by atoms with Crippen molar-refractivity contribution in [3.05, 3.63) is 35.7 Å². The van der Waals surface area contributed by atoms with Gasteiger partial charge in [0.2, 0.25) is 0 Å². The zero-order valence-electron chi connectivity index (χ0n) is 10.7. The minimum atomic E-state index is -0.130. The Morgan fingerprint density at radius 2 is 2.33 bits per heavy atom. The van der Waals surface area contributed by atoms with Crippen molar-refractivity contribution in [2.45, 2.75) is 26.3 Å². The van der Waals surface area contributed by atoms with Crippen molar-refractivity contribution in [2.24, 2.45) is 0 Å². The predicted octanol–water partition coefficient (Wildman–Crippen LogP) is 1.79. The molecule has 0 radical (unpaired) electrons. The van der Waals surface area contributed by atoms with Crippen LogP contribution in [0.3, 0.4) is 0 Å². The van der Waals surface area contributed by atoms with Gasteiger partial charge in [0.1, 0.15) is 5.69 Å². The highest BCUT2D eigenvalue weighted by atomic mass is 16.5. The third kappa shape index (κ3) is 2.58. The van der Waals surface area contributed by atoms with Gasteiger partial charge in [-0.15, -0.1) is 0 Å². The lowest BCUT2D eigenvalue weighted by atomic mass is 10.1. The highest BCUT2D eigenvalue weighted by molar-refractivity contribution is 5.91. The fourth-order valence-electron chi connectivity index (χ4n) is 1.56. The zero-order chi connectivity index (χ0) is 13.1. The molecule has 1 N–H and O–H groups in total. The minimum Gasteiger partial charge on any atom is -0.359 e. The summed E-state index contributed by atoms with van der Waals surface area (Å²) in [6, 6.07) is 1.88. The van der Waals surface area contributed by atoms with Crippen LogP contribution in [0.4, 0.5) is 0 Å². The smallest absolute Gasteiger partial charge is 0.272 e. The van der Waals surface area contributed by atoms with Crippen LogP contribution in [0.15, 0.2) is 23.1 Å². The number of nitrogens with one attached hydrogen (secondary N) is 1. The second kappa shape index (κ2) is 5.03. The fourth-order valence-corrected chi connectivity index (χ4v) is 1.56. The highest BCUT2D eigenvalue weighted by Crippen LogP contribution is 2.15. The van der Waals surface area contributed by atoms with E-state index in [0.29, 0.717) is 23.9 Å². The molecule has 2 aromatic heterocycles. The molecule has 0 atom stereocenters. The second-order valence-electron chi connectivity index (χ2n) is 4.50. The molecular weight excluding hydrogens is 232 g/mol. The van der Waals surface area contributed by atoms with E-state index in [1.54, 1.807) is 11.9 Å². The number of rotatable bonds is 4. The first-order valence-electron chi connectivity index (χ1n) is 5.77. The largest absolute Gasteiger partial charge is 0.359 e. The Labute approximate surface area is 105 Å². The van der Waals surface area contributed by atoms with Gasteiger partial charge in [0.15, 0.2) is 5.76 Å². The van der Waals surface area contributed by atoms with Gasteiger partial charge in [0, 0.05) is 13.1 Å². The summed E-state index contributed by atoms with van der Waals surface area (Å²) >= 11 is 0. The van der Waals surface area contributed by atoms with E-state index in [-0.39, 0.29) is 5.91 Å². The first-order chi connectivity index (χ1) is 8.58. The molecule has 0 fully saturated rings. The summed E-state index contributed by atoms with van der Waals surface area (Å²) in [5.41, 5.74) is 1.36. The summed E-state index contributed by atoms with van der Waals surface area (Å²) in [6.45, 7) is 4.47. The van der Waals surface area contributed by atoms with Crippen LogP contribution in [0, 0.1) is 0 Å². The van der Waals surface area contributed by atoms with E-state index in [1.807, 2.05) is 19.9 Å². The number of carbonyl (C=O) groups is 1. The first-order valence-corrected chi connectivity index (χ1v) is 5.77. The number of amides is 1. The summed E-state index contributed by atoms with van der Waals surface area (Å²) in [5.74, 6) is 0.861. The van der Waals surface area contributed by atoms with Crippen LogP contribution in [0.5, 0.6) is 0 Å². The summed E-state index contributed by atoms with van der Waals surface area (Å²) in [7, 11) is 1.71. The van der Waals surface area contributed by atoms with Crippen LogP contribution in [-0.4, -0.2) is 33.0 Å². The van der Waals surface area contributed by atoms with E-state index in [0.717, 1.165) is 5.69 Å². The van der Waals surface area contributed by atoms with Crippen LogP contribution in [0.2, 0.25) is 0 Å². The molecule has 0 bridgehead atoms. The summed E-state index contributed by atoms with van der Waals surface area (Å²) in [4.78, 5) is 20.1. The average Bonchev–Trinajstić information content (AvgIpc) is 2.98. The molecule has 0 saturated heterocycles. The van der Waals surface area contributed by atoms with Gasteiger partial charge in [-0.1, -0.05) is 19.0 Å². The van der Waals surface area contributed by atoms with E-state index in [1.165, 1.54) is 12.5 Å². The normalized spacial score (nSPS) is 10.9. The standard InChI is InChI=1S/C12H16N4O2/c1-8(2)10-4-9(18-15-10)6-16(3)12(17)11-5-13-7-14-11/h4-5,7-8H,6H2,1-3H3,(H,13,14). The third-order valence-corrected chi connectivity index (χ3v) is 2.64. The number of H-pyrrole nitrogens is 1. The Kier molecular flexibility index (Phi) is 3.45. The molecule has 96 valence electrons. The van der Waals surface area contributed by atoms with Gasteiger partial charge >= 0.3 is 0 Å². The molecular formula is C12H16N4O2. The average molecular weight is 248 g/mol. The molecule has 0 unspecified atom stereocenters. The Hall–Kier alpha value is -2.11. The van der Waals surface area contributed by atoms with E-state index in [9.17, 15) is 4.79 Å². The molecule has 2 aromatic rings. The van der Waals surface area contributed by atoms with Gasteiger partial charge in [-0.2, -0.15) is 0 Å². The zero-order valence-corrected chi connectivity index (χ0v) is 10.7. The molecule has 0 aliphatic rings. The SMILES string of the molecule is CC(C)c1cc(CN(C)C(=O)c2cnc[nH]2)on1. The number of aromatic nitrogens is 3. The molecule has 0 aliphatic carbocycles. The number of hydrogen-bond donors (Lipinski definition) is 1. The Balaban J connectivity index is 2.02. The minimum absolute atomic E-state index is 0.130. The molecule has 2 heterocycles. The summed E-state index contributed by atoms with van der Waals surface area (Å²) < 4.78 is 5.19. The van der Waals surface area contributed by atoms with E-state index < -0.39 is 0 Å². The van der Waals surface area contributed by atoms with Crippen molar-refractivity contribution in [3.8, 4) is 0 Å². The highest BCUT2D eigenvalue weighted by Gasteiger charge is 2.16. The molecule has 1 amide bonds. The monoisotopic (exact) mass is 248 g/mol. The van der Waals surface area contributed by atoms with Crippen molar-refractivity contribution >= 4 is 5.91 Å². The number of hydrogen-bond acceptors (Lipinski definition) is 4. The lowest BCUT2D eigenvalue weighted by molar-refractivity contribution is 0.0767. The molecule has 0 aromatic carbocycles. The van der Waals surface area contributed by atoms with E-state index in [2.05, 4.69) is 15.1 Å². The van der Waals surface area contributed by atoms with Crippen molar-refractivity contribution < 1.29 is 9.32 Å². The van der Waals surface area contributed by atoms with Crippen molar-refractivity contribution in [1.29, 1.82) is 0 Å². The van der Waals surface area contributed by atoms with Crippen LogP contribution in [0.1, 0.15) is 41.7 Å². The Morgan fingerprint density at radius 1 is 1.56 bits per heavy atom. The maximum atomic E-state index is 11.9. The van der Waals surface area contributed by atoms with E-state index in [4.69, 9.17) is 4.52 Å². The maximum Gasteiger partial charge on any atom is 0.272 e. The lowest BCUT2D eigenvalue weighted by Gasteiger charge is -2.13. The molecule has 0 saturated carbocycles. The van der Waals surface area contributed by atoms with Crippen LogP contribution >= 0.6 is 0 Å². The second-order valence-corrected chi connectivity index (χ2v) is 4.50. The van der Waals surface area contributed by atoms with Gasteiger partial charge < -0.3 is 14.4 Å². The molecule has 6 nitrogen and oxygen atoms in total. The quantitative estimate of drug-likeness (QED) is 0.895. The molecule has 2 rings (SSSR count). The summed E-state index contributed by atoms with van der Waals surface area (Å²) in [6.07, 6.45) is 2.98. The van der Waals surface area contributed by atoms with Crippen molar-refractivity contribution in [3.63, 3.8) is 0 Å². The van der Waals surface area contributed by atoms with Crippen LogP contribution in [0.25, 0.3) is 0 Å². The molecule has 6 heteroatoms. The van der Waals surface area contributed by atoms with Crippen LogP contribution < -0.4 is 0 Å². The Bertz CT molecular complexity index is 516. The number of aromatic amines is 1. The predicted molar refractivity (Wildman–Crippen MR) is 65.0 cm³/mol. The van der Waals surface area contributed by atoms with Gasteiger partial charge in [-0.05, 0) is 5.92 Å². The van der Waals surface area contributed by atoms with Crippen molar-refractivity contribution in [2.75, 3.05) is 7.05 Å². The third-order valence-electron chi connectivity index (χ3n) is 2.64. The lowest BCUT2D eigenvalue weighted by Crippen LogP contribution is -2.26. The van der Waals surface area contributed by atoms with E-state index >= 15 is 0 Å². The van der Waals surface area contributed by atoms with Crippen LogP contribution in [-0.2, 0) is 6.54 Å². The van der Waals surface area contributed by atoms with Gasteiger partial charge in [0.05, 0.1) is 24.8 Å². The Morgan fingerprint density at radius 3 is 2.89 bits per heavy atom. The molecule has 18 heavy (non-hydrogen) atoms. The van der Waals surface area contributed by atoms with Gasteiger partial charge in [-0.25, -0.2) is 4.98 Å². The number of nitrogens with zero attached hydrogens (tertiary/aromatic N) is 3. The maximum absolute atomic E-state index is 11.9. The summed E-state index contributed by atoms with van der Waals surface area (Å²) in [5, 5.41) is 3.96. The topological polar surface area (TPSA) is 75.0 Å².